The fourth-order valence-corrected chi connectivity index (χ4v) is 4.18. The molecule has 9 heteroatoms. The Kier molecular flexibility index (Phi) is 6.60. The molecule has 0 aliphatic rings. The van der Waals surface area contributed by atoms with Crippen LogP contribution < -0.4 is 19.1 Å². The number of hydrogen-bond donors (Lipinski definition) is 1. The third kappa shape index (κ3) is 5.32. The number of methoxy groups -OCH3 is 1. The summed E-state index contributed by atoms with van der Waals surface area (Å²) in [5.74, 6) is 0.713. The predicted octanol–water partition coefficient (Wildman–Crippen LogP) is 3.95. The summed E-state index contributed by atoms with van der Waals surface area (Å²) >= 11 is 0. The van der Waals surface area contributed by atoms with Gasteiger partial charge in [-0.1, -0.05) is 30.3 Å². The number of para-hydroxylation sites is 3. The largest absolute Gasteiger partial charge is 0.497 e. The molecule has 4 rings (SSSR count). The molecule has 1 heterocycles. The first-order valence-electron chi connectivity index (χ1n) is 10.3. The van der Waals surface area contributed by atoms with Gasteiger partial charge in [-0.3, -0.25) is 4.72 Å². The molecular formula is C24H24N4O4S. The Morgan fingerprint density at radius 1 is 0.879 bits per heavy atom. The number of sulfonamides is 1. The van der Waals surface area contributed by atoms with Crippen molar-refractivity contribution in [1.82, 2.24) is 9.97 Å². The van der Waals surface area contributed by atoms with Gasteiger partial charge in [0.25, 0.3) is 15.9 Å². The number of nitrogens with one attached hydrogen (secondary N) is 1. The zero-order valence-corrected chi connectivity index (χ0v) is 19.1. The maximum atomic E-state index is 13.0. The Morgan fingerprint density at radius 3 is 2.18 bits per heavy atom. The summed E-state index contributed by atoms with van der Waals surface area (Å²) in [5.41, 5.74) is 2.21. The minimum absolute atomic E-state index is 0.0342. The van der Waals surface area contributed by atoms with Crippen LogP contribution in [0, 0.1) is 0 Å². The topological polar surface area (TPSA) is 93.7 Å². The van der Waals surface area contributed by atoms with E-state index in [9.17, 15) is 8.42 Å². The summed E-state index contributed by atoms with van der Waals surface area (Å²) in [5, 5.41) is 0. The van der Waals surface area contributed by atoms with Crippen molar-refractivity contribution >= 4 is 32.6 Å². The monoisotopic (exact) mass is 464 g/mol. The lowest BCUT2D eigenvalue weighted by Gasteiger charge is -2.19. The molecule has 3 aromatic carbocycles. The van der Waals surface area contributed by atoms with Gasteiger partial charge in [0.2, 0.25) is 5.82 Å². The number of anilines is 2. The van der Waals surface area contributed by atoms with E-state index in [1.54, 1.807) is 24.3 Å². The predicted molar refractivity (Wildman–Crippen MR) is 129 cm³/mol. The molecule has 0 radical (unpaired) electrons. The van der Waals surface area contributed by atoms with E-state index in [1.165, 1.54) is 19.2 Å². The fourth-order valence-electron chi connectivity index (χ4n) is 3.18. The maximum Gasteiger partial charge on any atom is 0.263 e. The van der Waals surface area contributed by atoms with Crippen LogP contribution in [0.4, 0.5) is 11.5 Å². The molecule has 0 aliphatic heterocycles. The van der Waals surface area contributed by atoms with Gasteiger partial charge < -0.3 is 14.4 Å². The highest BCUT2D eigenvalue weighted by molar-refractivity contribution is 7.92. The van der Waals surface area contributed by atoms with Gasteiger partial charge in [0, 0.05) is 12.7 Å². The van der Waals surface area contributed by atoms with Crippen LogP contribution in [0.3, 0.4) is 0 Å². The average Bonchev–Trinajstić information content (AvgIpc) is 2.84. The second-order valence-corrected chi connectivity index (χ2v) is 8.94. The van der Waals surface area contributed by atoms with Crippen molar-refractivity contribution in [3.05, 3.63) is 78.9 Å². The lowest BCUT2D eigenvalue weighted by molar-refractivity contribution is 0.315. The third-order valence-electron chi connectivity index (χ3n) is 5.00. The van der Waals surface area contributed by atoms with Crippen molar-refractivity contribution in [2.24, 2.45) is 0 Å². The molecule has 0 fully saturated rings. The Hall–Kier alpha value is -3.85. The third-order valence-corrected chi connectivity index (χ3v) is 6.36. The van der Waals surface area contributed by atoms with Gasteiger partial charge >= 0.3 is 0 Å². The quantitative estimate of drug-likeness (QED) is 0.401. The number of likely N-dealkylation sites (N-methyl/N-ethyl adjacent to an activating group) is 1. The molecule has 0 saturated heterocycles. The van der Waals surface area contributed by atoms with Gasteiger partial charge in [-0.15, -0.1) is 0 Å². The zero-order chi connectivity index (χ0) is 23.3. The van der Waals surface area contributed by atoms with E-state index in [0.717, 1.165) is 5.69 Å². The van der Waals surface area contributed by atoms with Crippen LogP contribution in [0.2, 0.25) is 0 Å². The standard InChI is InChI=1S/C24H24N4O4S/c1-28(18-8-4-3-5-9-18)16-17-32-24-23(25-21-10-6-7-11-22(21)26-24)27-33(29,30)20-14-12-19(31-2)13-15-20/h3-15H,16-17H2,1-2H3,(H,25,27). The van der Waals surface area contributed by atoms with Crippen LogP contribution in [0.15, 0.2) is 83.8 Å². The van der Waals surface area contributed by atoms with Crippen molar-refractivity contribution in [3.8, 4) is 11.6 Å². The highest BCUT2D eigenvalue weighted by Gasteiger charge is 2.20. The van der Waals surface area contributed by atoms with Crippen LogP contribution >= 0.6 is 0 Å². The summed E-state index contributed by atoms with van der Waals surface area (Å²) in [6, 6.07) is 23.2. The van der Waals surface area contributed by atoms with E-state index in [1.807, 2.05) is 54.4 Å². The van der Waals surface area contributed by atoms with E-state index in [0.29, 0.717) is 23.3 Å². The average molecular weight is 465 g/mol. The summed E-state index contributed by atoms with van der Waals surface area (Å²) in [6.07, 6.45) is 0. The van der Waals surface area contributed by atoms with Crippen molar-refractivity contribution < 1.29 is 17.9 Å². The molecule has 0 bridgehead atoms. The second-order valence-electron chi connectivity index (χ2n) is 7.25. The van der Waals surface area contributed by atoms with Crippen LogP contribution in [-0.2, 0) is 10.0 Å². The molecule has 0 unspecified atom stereocenters. The molecule has 0 aliphatic carbocycles. The van der Waals surface area contributed by atoms with Crippen LogP contribution in [0.1, 0.15) is 0 Å². The highest BCUT2D eigenvalue weighted by Crippen LogP contribution is 2.27. The summed E-state index contributed by atoms with van der Waals surface area (Å²) in [7, 11) is -0.437. The summed E-state index contributed by atoms with van der Waals surface area (Å²) in [4.78, 5) is 11.1. The van der Waals surface area contributed by atoms with Gasteiger partial charge in [0.1, 0.15) is 12.4 Å². The molecule has 170 valence electrons. The lowest BCUT2D eigenvalue weighted by atomic mass is 10.3. The van der Waals surface area contributed by atoms with Crippen molar-refractivity contribution in [3.63, 3.8) is 0 Å². The Bertz CT molecular complexity index is 1330. The Balaban J connectivity index is 1.57. The van der Waals surface area contributed by atoms with Gasteiger partial charge in [0.15, 0.2) is 0 Å². The molecule has 1 N–H and O–H groups in total. The molecule has 4 aromatic rings. The molecule has 0 atom stereocenters. The Morgan fingerprint density at radius 2 is 1.52 bits per heavy atom. The number of aromatic nitrogens is 2. The molecule has 0 spiro atoms. The Labute approximate surface area is 192 Å². The van der Waals surface area contributed by atoms with Gasteiger partial charge in [-0.25, -0.2) is 18.4 Å². The number of nitrogens with zero attached hydrogens (tertiary/aromatic N) is 3. The first-order chi connectivity index (χ1) is 16.0. The summed E-state index contributed by atoms with van der Waals surface area (Å²) < 4.78 is 39.5. The number of rotatable bonds is 9. The molecular weight excluding hydrogens is 440 g/mol. The molecule has 33 heavy (non-hydrogen) atoms. The second kappa shape index (κ2) is 9.74. The minimum Gasteiger partial charge on any atom is -0.497 e. The molecule has 1 aromatic heterocycles. The van der Waals surface area contributed by atoms with E-state index >= 15 is 0 Å². The fraction of sp³-hybridized carbons (Fsp3) is 0.167. The van der Waals surface area contributed by atoms with Crippen molar-refractivity contribution in [2.75, 3.05) is 36.9 Å². The van der Waals surface area contributed by atoms with E-state index < -0.39 is 10.0 Å². The van der Waals surface area contributed by atoms with Gasteiger partial charge in [-0.2, -0.15) is 0 Å². The van der Waals surface area contributed by atoms with E-state index in [-0.39, 0.29) is 23.2 Å². The smallest absolute Gasteiger partial charge is 0.263 e. The SMILES string of the molecule is COc1ccc(S(=O)(=O)Nc2nc3ccccc3nc2OCCN(C)c2ccccc2)cc1. The first kappa shape index (κ1) is 22.3. The van der Waals surface area contributed by atoms with Gasteiger partial charge in [0.05, 0.1) is 29.6 Å². The molecule has 0 saturated carbocycles. The number of benzene rings is 3. The normalized spacial score (nSPS) is 11.2. The van der Waals surface area contributed by atoms with Gasteiger partial charge in [-0.05, 0) is 48.5 Å². The number of hydrogen-bond acceptors (Lipinski definition) is 7. The number of ether oxygens (including phenoxy) is 2. The van der Waals surface area contributed by atoms with E-state index in [2.05, 4.69) is 14.7 Å². The number of fused-ring (bicyclic) bond motifs is 1. The minimum atomic E-state index is -3.91. The highest BCUT2D eigenvalue weighted by atomic mass is 32.2. The zero-order valence-electron chi connectivity index (χ0n) is 18.3. The maximum absolute atomic E-state index is 13.0. The molecule has 0 amide bonds. The summed E-state index contributed by atoms with van der Waals surface area (Å²) in [6.45, 7) is 0.860. The van der Waals surface area contributed by atoms with Crippen molar-refractivity contribution in [1.29, 1.82) is 0 Å². The lowest BCUT2D eigenvalue weighted by Crippen LogP contribution is -2.24. The van der Waals surface area contributed by atoms with Crippen LogP contribution in [-0.4, -0.2) is 45.7 Å². The van der Waals surface area contributed by atoms with E-state index in [4.69, 9.17) is 9.47 Å². The first-order valence-corrected chi connectivity index (χ1v) is 11.8. The molecule has 8 nitrogen and oxygen atoms in total. The van der Waals surface area contributed by atoms with Crippen LogP contribution in [0.5, 0.6) is 11.6 Å². The van der Waals surface area contributed by atoms with Crippen LogP contribution in [0.25, 0.3) is 11.0 Å². The van der Waals surface area contributed by atoms with Crippen molar-refractivity contribution in [2.45, 2.75) is 4.90 Å².